The molecule has 1 fully saturated rings. The molecule has 0 atom stereocenters. The number of primary amides is 1. The van der Waals surface area contributed by atoms with E-state index < -0.39 is 0 Å². The van der Waals surface area contributed by atoms with Gasteiger partial charge in [-0.25, -0.2) is 4.39 Å². The van der Waals surface area contributed by atoms with Crippen LogP contribution in [0, 0.1) is 11.7 Å². The molecule has 10 heteroatoms. The molecule has 0 radical (unpaired) electrons. The minimum Gasteiger partial charge on any atom is -0.369 e. The lowest BCUT2D eigenvalue weighted by Gasteiger charge is -2.30. The molecule has 1 aromatic heterocycles. The second-order valence-corrected chi connectivity index (χ2v) is 8.40. The molecule has 2 aromatic rings. The van der Waals surface area contributed by atoms with Crippen molar-refractivity contribution in [2.24, 2.45) is 11.7 Å². The van der Waals surface area contributed by atoms with E-state index in [9.17, 15) is 14.0 Å². The van der Waals surface area contributed by atoms with E-state index >= 15 is 0 Å². The Balaban J connectivity index is 1.42. The molecule has 3 rings (SSSR count). The number of nitrogens with one attached hydrogen (secondary N) is 1. The number of piperidine rings is 1. The summed E-state index contributed by atoms with van der Waals surface area (Å²) in [6.45, 7) is 1.65. The van der Waals surface area contributed by atoms with Crippen molar-refractivity contribution >= 4 is 40.0 Å². The summed E-state index contributed by atoms with van der Waals surface area (Å²) in [5.41, 5.74) is 6.25. The summed E-state index contributed by atoms with van der Waals surface area (Å²) in [6, 6.07) is 6.24. The summed E-state index contributed by atoms with van der Waals surface area (Å²) >= 11 is 2.72. The molecule has 0 unspecified atom stereocenters. The Bertz CT molecular complexity index is 791. The van der Waals surface area contributed by atoms with Gasteiger partial charge in [0.15, 0.2) is 4.34 Å². The van der Waals surface area contributed by atoms with Crippen LogP contribution in [0.25, 0.3) is 0 Å². The Kier molecular flexibility index (Phi) is 6.62. The largest absolute Gasteiger partial charge is 0.369 e. The highest BCUT2D eigenvalue weighted by Gasteiger charge is 2.25. The molecule has 1 aliphatic rings. The van der Waals surface area contributed by atoms with Gasteiger partial charge in [-0.15, -0.1) is 10.2 Å². The lowest BCUT2D eigenvalue weighted by atomic mass is 9.96. The number of hydrogen-bond acceptors (Lipinski definition) is 7. The highest BCUT2D eigenvalue weighted by Crippen LogP contribution is 2.26. The van der Waals surface area contributed by atoms with Crippen LogP contribution in [0.4, 0.5) is 9.52 Å². The highest BCUT2D eigenvalue weighted by atomic mass is 32.2. The molecular formula is C17H20FN5O2S2. The van der Waals surface area contributed by atoms with Crippen LogP contribution in [0.2, 0.25) is 0 Å². The smallest absolute Gasteiger partial charge is 0.233 e. The van der Waals surface area contributed by atoms with Crippen molar-refractivity contribution in [1.29, 1.82) is 0 Å². The summed E-state index contributed by atoms with van der Waals surface area (Å²) in [6.07, 6.45) is 1.25. The number of hydrogen-bond donors (Lipinski definition) is 2. The van der Waals surface area contributed by atoms with Crippen LogP contribution in [-0.4, -0.2) is 45.8 Å². The summed E-state index contributed by atoms with van der Waals surface area (Å²) in [5, 5.41) is 11.9. The fraction of sp³-hybridized carbons (Fsp3) is 0.412. The van der Waals surface area contributed by atoms with Gasteiger partial charge in [-0.3, -0.25) is 9.59 Å². The molecule has 7 nitrogen and oxygen atoms in total. The van der Waals surface area contributed by atoms with Gasteiger partial charge >= 0.3 is 0 Å². The zero-order valence-electron chi connectivity index (χ0n) is 14.6. The Morgan fingerprint density at radius 2 is 1.96 bits per heavy atom. The minimum atomic E-state index is -0.286. The number of rotatable bonds is 7. The maximum absolute atomic E-state index is 12.9. The molecule has 0 spiro atoms. The summed E-state index contributed by atoms with van der Waals surface area (Å²) in [4.78, 5) is 25.2. The van der Waals surface area contributed by atoms with E-state index in [-0.39, 0.29) is 29.3 Å². The molecule has 3 N–H and O–H groups in total. The van der Waals surface area contributed by atoms with Gasteiger partial charge in [0, 0.05) is 25.6 Å². The number of anilines is 1. The number of amides is 2. The normalized spacial score (nSPS) is 14.9. The van der Waals surface area contributed by atoms with Gasteiger partial charge in [0.05, 0.1) is 5.75 Å². The van der Waals surface area contributed by atoms with Gasteiger partial charge in [-0.1, -0.05) is 35.2 Å². The van der Waals surface area contributed by atoms with Gasteiger partial charge in [0.1, 0.15) is 5.82 Å². The molecule has 0 bridgehead atoms. The molecule has 2 heterocycles. The molecule has 2 amide bonds. The van der Waals surface area contributed by atoms with Gasteiger partial charge in [-0.05, 0) is 30.5 Å². The van der Waals surface area contributed by atoms with E-state index in [1.807, 2.05) is 0 Å². The Morgan fingerprint density at radius 1 is 1.26 bits per heavy atom. The first kappa shape index (κ1) is 19.6. The number of nitrogens with zero attached hydrogens (tertiary/aromatic N) is 3. The molecule has 1 aromatic carbocycles. The van der Waals surface area contributed by atoms with Gasteiger partial charge in [0.2, 0.25) is 16.9 Å². The van der Waals surface area contributed by atoms with E-state index in [1.165, 1.54) is 35.2 Å². The number of benzene rings is 1. The van der Waals surface area contributed by atoms with Crippen molar-refractivity contribution < 1.29 is 14.0 Å². The summed E-state index contributed by atoms with van der Waals surface area (Å²) in [7, 11) is 0. The number of carbonyl (C=O) groups excluding carboxylic acids is 2. The Hall–Kier alpha value is -2.20. The second-order valence-electron chi connectivity index (χ2n) is 6.20. The third-order valence-electron chi connectivity index (χ3n) is 4.33. The van der Waals surface area contributed by atoms with Gasteiger partial charge in [0.25, 0.3) is 0 Å². The standard InChI is InChI=1S/C17H20FN5O2S2/c18-13-3-1-11(2-4-13)9-20-16-21-22-17(27-16)26-10-14(24)23-7-5-12(6-8-23)15(19)25/h1-4,12H,5-10H2,(H2,19,25)(H,20,21). The first-order valence-electron chi connectivity index (χ1n) is 8.53. The maximum atomic E-state index is 12.9. The molecule has 144 valence electrons. The Morgan fingerprint density at radius 3 is 2.63 bits per heavy atom. The fourth-order valence-electron chi connectivity index (χ4n) is 2.75. The second kappa shape index (κ2) is 9.14. The SMILES string of the molecule is NC(=O)C1CCN(C(=O)CSc2nnc(NCc3ccc(F)cc3)s2)CC1. The van der Waals surface area contributed by atoms with E-state index in [2.05, 4.69) is 15.5 Å². The molecule has 1 aliphatic heterocycles. The molecule has 0 aliphatic carbocycles. The number of thioether (sulfide) groups is 1. The van der Waals surface area contributed by atoms with Crippen molar-refractivity contribution in [2.75, 3.05) is 24.2 Å². The predicted molar refractivity (Wildman–Crippen MR) is 103 cm³/mol. The minimum absolute atomic E-state index is 0.0268. The van der Waals surface area contributed by atoms with Crippen molar-refractivity contribution in [1.82, 2.24) is 15.1 Å². The highest BCUT2D eigenvalue weighted by molar-refractivity contribution is 8.01. The van der Waals surface area contributed by atoms with Crippen molar-refractivity contribution in [3.63, 3.8) is 0 Å². The number of aromatic nitrogens is 2. The van der Waals surface area contributed by atoms with Crippen LogP contribution in [0.3, 0.4) is 0 Å². The summed E-state index contributed by atoms with van der Waals surface area (Å²) in [5.74, 6) is -0.366. The van der Waals surface area contributed by atoms with Crippen molar-refractivity contribution in [3.05, 3.63) is 35.6 Å². The molecular weight excluding hydrogens is 389 g/mol. The summed E-state index contributed by atoms with van der Waals surface area (Å²) < 4.78 is 13.6. The van der Waals surface area contributed by atoms with Crippen LogP contribution in [0.15, 0.2) is 28.6 Å². The lowest BCUT2D eigenvalue weighted by Crippen LogP contribution is -2.42. The van der Waals surface area contributed by atoms with Crippen LogP contribution >= 0.6 is 23.1 Å². The van der Waals surface area contributed by atoms with Crippen LogP contribution in [0.5, 0.6) is 0 Å². The number of carbonyl (C=O) groups is 2. The van der Waals surface area contributed by atoms with Gasteiger partial charge < -0.3 is 16.0 Å². The average molecular weight is 410 g/mol. The van der Waals surface area contributed by atoms with E-state index in [4.69, 9.17) is 5.73 Å². The quantitative estimate of drug-likeness (QED) is 0.679. The first-order valence-corrected chi connectivity index (χ1v) is 10.3. The molecule has 0 saturated carbocycles. The monoisotopic (exact) mass is 409 g/mol. The molecule has 1 saturated heterocycles. The number of likely N-dealkylation sites (tertiary alicyclic amines) is 1. The third-order valence-corrected chi connectivity index (χ3v) is 6.33. The van der Waals surface area contributed by atoms with Crippen LogP contribution < -0.4 is 11.1 Å². The number of halogens is 1. The zero-order valence-corrected chi connectivity index (χ0v) is 16.2. The van der Waals surface area contributed by atoms with Gasteiger partial charge in [-0.2, -0.15) is 0 Å². The predicted octanol–water partition coefficient (Wildman–Crippen LogP) is 2.11. The zero-order chi connectivity index (χ0) is 19.2. The van der Waals surface area contributed by atoms with E-state index in [1.54, 1.807) is 17.0 Å². The lowest BCUT2D eigenvalue weighted by molar-refractivity contribution is -0.132. The maximum Gasteiger partial charge on any atom is 0.233 e. The number of nitrogens with two attached hydrogens (primary N) is 1. The topological polar surface area (TPSA) is 101 Å². The van der Waals surface area contributed by atoms with Crippen molar-refractivity contribution in [2.45, 2.75) is 23.7 Å². The van der Waals surface area contributed by atoms with E-state index in [0.29, 0.717) is 41.9 Å². The van der Waals surface area contributed by atoms with E-state index in [0.717, 1.165) is 5.56 Å². The van der Waals surface area contributed by atoms with Crippen molar-refractivity contribution in [3.8, 4) is 0 Å². The third kappa shape index (κ3) is 5.64. The van der Waals surface area contributed by atoms with Crippen LogP contribution in [0.1, 0.15) is 18.4 Å². The first-order chi connectivity index (χ1) is 13.0. The fourth-order valence-corrected chi connectivity index (χ4v) is 4.40. The van der Waals surface area contributed by atoms with Crippen LogP contribution in [-0.2, 0) is 16.1 Å². The Labute approximate surface area is 164 Å². The average Bonchev–Trinajstić information content (AvgIpc) is 3.13. The molecule has 27 heavy (non-hydrogen) atoms.